The molecule has 9 heteroatoms. The fourth-order valence-corrected chi connectivity index (χ4v) is 2.66. The molecule has 0 radical (unpaired) electrons. The predicted octanol–water partition coefficient (Wildman–Crippen LogP) is 2.60. The Hall–Kier alpha value is -3.75. The van der Waals surface area contributed by atoms with Gasteiger partial charge in [-0.25, -0.2) is 4.79 Å². The number of barbiturate groups is 1. The van der Waals surface area contributed by atoms with Crippen LogP contribution >= 0.6 is 0 Å². The maximum atomic E-state index is 12.2. The third-order valence-corrected chi connectivity index (χ3v) is 4.25. The van der Waals surface area contributed by atoms with E-state index in [1.54, 1.807) is 25.1 Å². The summed E-state index contributed by atoms with van der Waals surface area (Å²) in [6.45, 7) is 1.63. The number of carbonyl (C=O) groups excluding carboxylic acids is 3. The van der Waals surface area contributed by atoms with Crippen molar-refractivity contribution in [3.63, 3.8) is 0 Å². The van der Waals surface area contributed by atoms with Crippen LogP contribution in [0.5, 0.6) is 0 Å². The number of rotatable bonds is 3. The lowest BCUT2D eigenvalue weighted by molar-refractivity contribution is -0.385. The molecule has 27 heavy (non-hydrogen) atoms. The topological polar surface area (TPSA) is 114 Å². The molecule has 1 fully saturated rings. The van der Waals surface area contributed by atoms with E-state index in [0.29, 0.717) is 16.9 Å². The van der Waals surface area contributed by atoms with Crippen molar-refractivity contribution in [2.45, 2.75) is 6.92 Å². The van der Waals surface area contributed by atoms with Crippen LogP contribution < -0.4 is 0 Å². The summed E-state index contributed by atoms with van der Waals surface area (Å²) in [5, 5.41) is 11.1. The molecule has 1 aromatic heterocycles. The highest BCUT2D eigenvalue weighted by atomic mass is 16.6. The molecule has 0 spiro atoms. The number of hydrogen-bond donors (Lipinski definition) is 0. The fraction of sp³-hybridized carbons (Fsp3) is 0.167. The van der Waals surface area contributed by atoms with E-state index in [4.69, 9.17) is 4.42 Å². The SMILES string of the molecule is Cc1ccc(-c2ccc(C=C3C(=O)N(C)C(=O)N(C)C3=O)o2)cc1[N+](=O)[O-]. The average molecular weight is 369 g/mol. The lowest BCUT2D eigenvalue weighted by Crippen LogP contribution is -2.52. The van der Waals surface area contributed by atoms with Crippen molar-refractivity contribution in [1.29, 1.82) is 0 Å². The molecule has 2 aromatic rings. The van der Waals surface area contributed by atoms with Crippen LogP contribution in [0, 0.1) is 17.0 Å². The second-order valence-electron chi connectivity index (χ2n) is 6.03. The number of aryl methyl sites for hydroxylation is 1. The predicted molar refractivity (Wildman–Crippen MR) is 94.4 cm³/mol. The van der Waals surface area contributed by atoms with Crippen LogP contribution in [0.1, 0.15) is 11.3 Å². The van der Waals surface area contributed by atoms with E-state index in [1.165, 1.54) is 32.3 Å². The number of carbonyl (C=O) groups is 3. The van der Waals surface area contributed by atoms with Gasteiger partial charge in [-0.05, 0) is 25.1 Å². The number of nitro benzene ring substituents is 1. The van der Waals surface area contributed by atoms with Gasteiger partial charge in [-0.15, -0.1) is 0 Å². The van der Waals surface area contributed by atoms with Crippen molar-refractivity contribution in [3.8, 4) is 11.3 Å². The molecular formula is C18H15N3O6. The van der Waals surface area contributed by atoms with Gasteiger partial charge in [-0.2, -0.15) is 0 Å². The first kappa shape index (κ1) is 18.1. The Balaban J connectivity index is 1.97. The maximum Gasteiger partial charge on any atom is 0.333 e. The Bertz CT molecular complexity index is 994. The fourth-order valence-electron chi connectivity index (χ4n) is 2.66. The Kier molecular flexibility index (Phi) is 4.36. The third-order valence-electron chi connectivity index (χ3n) is 4.25. The molecule has 4 amide bonds. The highest BCUT2D eigenvalue weighted by Gasteiger charge is 2.38. The van der Waals surface area contributed by atoms with Gasteiger partial charge in [-0.3, -0.25) is 29.5 Å². The molecular weight excluding hydrogens is 354 g/mol. The van der Waals surface area contributed by atoms with Gasteiger partial charge in [0.05, 0.1) is 4.92 Å². The van der Waals surface area contributed by atoms with Crippen LogP contribution in [0.4, 0.5) is 10.5 Å². The summed E-state index contributed by atoms with van der Waals surface area (Å²) in [6, 6.07) is 7.08. The first-order valence-corrected chi connectivity index (χ1v) is 7.87. The third kappa shape index (κ3) is 3.10. The van der Waals surface area contributed by atoms with E-state index in [0.717, 1.165) is 9.80 Å². The number of likely N-dealkylation sites (N-methyl/N-ethyl adjacent to an activating group) is 2. The molecule has 0 aliphatic carbocycles. The van der Waals surface area contributed by atoms with Crippen LogP contribution in [-0.2, 0) is 9.59 Å². The van der Waals surface area contributed by atoms with Crippen LogP contribution in [0.25, 0.3) is 17.4 Å². The summed E-state index contributed by atoms with van der Waals surface area (Å²) in [4.78, 5) is 48.4. The maximum absolute atomic E-state index is 12.2. The Morgan fingerprint density at radius 2 is 1.67 bits per heavy atom. The highest BCUT2D eigenvalue weighted by Crippen LogP contribution is 2.29. The number of benzene rings is 1. The van der Waals surface area contributed by atoms with E-state index >= 15 is 0 Å². The Morgan fingerprint density at radius 3 is 2.26 bits per heavy atom. The van der Waals surface area contributed by atoms with Crippen LogP contribution in [-0.4, -0.2) is 46.7 Å². The van der Waals surface area contributed by atoms with Crippen LogP contribution in [0.3, 0.4) is 0 Å². The van der Waals surface area contributed by atoms with Gasteiger partial charge in [-0.1, -0.05) is 12.1 Å². The van der Waals surface area contributed by atoms with E-state index in [2.05, 4.69) is 0 Å². The van der Waals surface area contributed by atoms with Gasteiger partial charge in [0.1, 0.15) is 17.1 Å². The second-order valence-corrected chi connectivity index (χ2v) is 6.03. The average Bonchev–Trinajstić information content (AvgIpc) is 3.11. The smallest absolute Gasteiger partial charge is 0.333 e. The Labute approximate surface area is 153 Å². The van der Waals surface area contributed by atoms with Crippen molar-refractivity contribution < 1.29 is 23.7 Å². The molecule has 2 heterocycles. The molecule has 3 rings (SSSR count). The molecule has 1 aliphatic rings. The van der Waals surface area contributed by atoms with Crippen molar-refractivity contribution in [1.82, 2.24) is 9.80 Å². The summed E-state index contributed by atoms with van der Waals surface area (Å²) < 4.78 is 5.62. The Morgan fingerprint density at radius 1 is 1.04 bits per heavy atom. The molecule has 0 atom stereocenters. The number of amides is 4. The number of hydrogen-bond acceptors (Lipinski definition) is 6. The first-order valence-electron chi connectivity index (χ1n) is 7.87. The minimum absolute atomic E-state index is 0.0387. The molecule has 1 aliphatic heterocycles. The summed E-state index contributed by atoms with van der Waals surface area (Å²) in [5.74, 6) is -0.904. The summed E-state index contributed by atoms with van der Waals surface area (Å²) in [7, 11) is 2.56. The van der Waals surface area contributed by atoms with Gasteiger partial charge >= 0.3 is 6.03 Å². The molecule has 0 N–H and O–H groups in total. The van der Waals surface area contributed by atoms with Crippen molar-refractivity contribution in [3.05, 3.63) is 57.3 Å². The minimum Gasteiger partial charge on any atom is -0.457 e. The van der Waals surface area contributed by atoms with Gasteiger partial charge in [0.2, 0.25) is 0 Å². The number of nitro groups is 1. The van der Waals surface area contributed by atoms with Gasteiger partial charge in [0.25, 0.3) is 17.5 Å². The first-order chi connectivity index (χ1) is 12.7. The number of furan rings is 1. The summed E-state index contributed by atoms with van der Waals surface area (Å²) in [6.07, 6.45) is 1.25. The van der Waals surface area contributed by atoms with E-state index in [1.807, 2.05) is 0 Å². The quantitative estimate of drug-likeness (QED) is 0.355. The molecule has 0 bridgehead atoms. The molecule has 1 aromatic carbocycles. The molecule has 0 saturated carbocycles. The molecule has 0 unspecified atom stereocenters. The standard InChI is InChI=1S/C18H15N3O6/c1-10-4-5-11(8-14(10)21(25)26)15-7-6-12(27-15)9-13-16(22)19(2)18(24)20(3)17(13)23/h4-9H,1-3H3. The van der Waals surface area contributed by atoms with E-state index < -0.39 is 22.8 Å². The molecule has 138 valence electrons. The number of nitrogens with zero attached hydrogens (tertiary/aromatic N) is 3. The second kappa shape index (κ2) is 6.52. The molecule has 1 saturated heterocycles. The number of imide groups is 2. The highest BCUT2D eigenvalue weighted by molar-refractivity contribution is 6.30. The van der Waals surface area contributed by atoms with Crippen LogP contribution in [0.15, 0.2) is 40.3 Å². The summed E-state index contributed by atoms with van der Waals surface area (Å²) in [5.41, 5.74) is 0.757. The van der Waals surface area contributed by atoms with Crippen molar-refractivity contribution in [2.75, 3.05) is 14.1 Å². The molecule has 9 nitrogen and oxygen atoms in total. The minimum atomic E-state index is -0.730. The lowest BCUT2D eigenvalue weighted by atomic mass is 10.1. The summed E-state index contributed by atoms with van der Waals surface area (Å²) >= 11 is 0. The van der Waals surface area contributed by atoms with Gasteiger partial charge in [0.15, 0.2) is 0 Å². The zero-order valence-electron chi connectivity index (χ0n) is 14.8. The van der Waals surface area contributed by atoms with Crippen LogP contribution in [0.2, 0.25) is 0 Å². The lowest BCUT2D eigenvalue weighted by Gasteiger charge is -2.28. The zero-order chi connectivity index (χ0) is 19.9. The van der Waals surface area contributed by atoms with Gasteiger partial charge < -0.3 is 4.42 Å². The van der Waals surface area contributed by atoms with Crippen molar-refractivity contribution >= 4 is 29.6 Å². The zero-order valence-corrected chi connectivity index (χ0v) is 14.8. The largest absolute Gasteiger partial charge is 0.457 e. The van der Waals surface area contributed by atoms with E-state index in [9.17, 15) is 24.5 Å². The monoisotopic (exact) mass is 369 g/mol. The van der Waals surface area contributed by atoms with Gasteiger partial charge in [0, 0.05) is 31.3 Å². The van der Waals surface area contributed by atoms with E-state index in [-0.39, 0.29) is 17.0 Å². The van der Waals surface area contributed by atoms with Crippen molar-refractivity contribution in [2.24, 2.45) is 0 Å². The number of urea groups is 1. The normalized spacial score (nSPS) is 14.8.